The van der Waals surface area contributed by atoms with Gasteiger partial charge in [0.25, 0.3) is 5.91 Å². The van der Waals surface area contributed by atoms with Gasteiger partial charge in [-0.3, -0.25) is 9.59 Å². The molecule has 1 aromatic heterocycles. The minimum atomic E-state index is -0.440. The molecular weight excluding hydrogens is 426 g/mol. The maximum atomic E-state index is 12.5. The third-order valence-electron chi connectivity index (χ3n) is 4.85. The van der Waals surface area contributed by atoms with E-state index in [0.29, 0.717) is 22.9 Å². The third-order valence-corrected chi connectivity index (χ3v) is 4.85. The maximum absolute atomic E-state index is 12.5. The minimum Gasteiger partial charge on any atom is -0.507 e. The molecule has 0 saturated carbocycles. The molecule has 0 unspecified atom stereocenters. The second-order valence-corrected chi connectivity index (χ2v) is 7.09. The number of rotatable bonds is 7. The first-order valence-corrected chi connectivity index (χ1v) is 9.99. The number of benzene rings is 3. The lowest BCUT2D eigenvalue weighted by molar-refractivity contribution is -0.118. The van der Waals surface area contributed by atoms with Gasteiger partial charge in [-0.2, -0.15) is 0 Å². The number of methoxy groups -OCH3 is 2. The number of carbonyl (C=O) groups excluding carboxylic acids is 1. The van der Waals surface area contributed by atoms with E-state index in [9.17, 15) is 14.7 Å². The average molecular weight is 447 g/mol. The van der Waals surface area contributed by atoms with Crippen molar-refractivity contribution in [1.29, 1.82) is 0 Å². The Hall–Kier alpha value is -4.46. The number of hydrogen-bond acceptors (Lipinski definition) is 7. The number of amides is 1. The van der Waals surface area contributed by atoms with Crippen LogP contribution in [0.1, 0.15) is 0 Å². The zero-order valence-electron chi connectivity index (χ0n) is 18.0. The van der Waals surface area contributed by atoms with Crippen LogP contribution in [-0.4, -0.2) is 31.8 Å². The smallest absolute Gasteiger partial charge is 0.262 e. The highest BCUT2D eigenvalue weighted by molar-refractivity contribution is 5.92. The van der Waals surface area contributed by atoms with Crippen molar-refractivity contribution in [3.8, 4) is 34.3 Å². The Bertz CT molecular complexity index is 1340. The highest BCUT2D eigenvalue weighted by Crippen LogP contribution is 2.31. The summed E-state index contributed by atoms with van der Waals surface area (Å²) >= 11 is 0. The molecular formula is C25H21NO7. The molecule has 0 aliphatic heterocycles. The summed E-state index contributed by atoms with van der Waals surface area (Å²) in [5, 5.41) is 13.1. The van der Waals surface area contributed by atoms with Gasteiger partial charge in [-0.05, 0) is 0 Å². The summed E-state index contributed by atoms with van der Waals surface area (Å²) in [6.07, 6.45) is 0. The van der Waals surface area contributed by atoms with Crippen LogP contribution in [0.5, 0.6) is 23.0 Å². The molecule has 8 heteroatoms. The van der Waals surface area contributed by atoms with Gasteiger partial charge in [-0.15, -0.1) is 0 Å². The minimum absolute atomic E-state index is 0.0370. The topological polar surface area (TPSA) is 107 Å². The summed E-state index contributed by atoms with van der Waals surface area (Å²) < 4.78 is 21.7. The van der Waals surface area contributed by atoms with Crippen LogP contribution in [0.2, 0.25) is 0 Å². The van der Waals surface area contributed by atoms with Gasteiger partial charge < -0.3 is 29.1 Å². The average Bonchev–Trinajstić information content (AvgIpc) is 2.82. The van der Waals surface area contributed by atoms with Gasteiger partial charge in [0.2, 0.25) is 0 Å². The molecule has 4 aromatic rings. The zero-order valence-corrected chi connectivity index (χ0v) is 18.0. The summed E-state index contributed by atoms with van der Waals surface area (Å²) in [6, 6.07) is 18.1. The molecule has 0 atom stereocenters. The molecule has 1 heterocycles. The van der Waals surface area contributed by atoms with Crippen molar-refractivity contribution in [2.75, 3.05) is 26.1 Å². The third kappa shape index (κ3) is 4.90. The quantitative estimate of drug-likeness (QED) is 0.437. The van der Waals surface area contributed by atoms with E-state index >= 15 is 0 Å². The van der Waals surface area contributed by atoms with Crippen molar-refractivity contribution in [2.45, 2.75) is 0 Å². The second kappa shape index (κ2) is 9.35. The van der Waals surface area contributed by atoms with Crippen molar-refractivity contribution in [2.24, 2.45) is 0 Å². The van der Waals surface area contributed by atoms with E-state index in [-0.39, 0.29) is 34.5 Å². The van der Waals surface area contributed by atoms with Crippen molar-refractivity contribution >= 4 is 22.6 Å². The van der Waals surface area contributed by atoms with Gasteiger partial charge in [0, 0.05) is 47.6 Å². The van der Waals surface area contributed by atoms with Crippen LogP contribution in [0.25, 0.3) is 22.3 Å². The highest BCUT2D eigenvalue weighted by Gasteiger charge is 2.14. The summed E-state index contributed by atoms with van der Waals surface area (Å²) in [6.45, 7) is -0.340. The highest BCUT2D eigenvalue weighted by atomic mass is 16.5. The van der Waals surface area contributed by atoms with Crippen LogP contribution in [0.3, 0.4) is 0 Å². The molecule has 0 spiro atoms. The van der Waals surface area contributed by atoms with Gasteiger partial charge in [-0.25, -0.2) is 0 Å². The number of fused-ring (bicyclic) bond motifs is 1. The lowest BCUT2D eigenvalue weighted by Crippen LogP contribution is -2.20. The molecule has 2 N–H and O–H groups in total. The molecule has 0 aliphatic rings. The van der Waals surface area contributed by atoms with Crippen LogP contribution in [0, 0.1) is 0 Å². The molecule has 33 heavy (non-hydrogen) atoms. The van der Waals surface area contributed by atoms with Crippen LogP contribution >= 0.6 is 0 Å². The van der Waals surface area contributed by atoms with E-state index in [2.05, 4.69) is 5.32 Å². The van der Waals surface area contributed by atoms with Gasteiger partial charge in [-0.1, -0.05) is 30.3 Å². The van der Waals surface area contributed by atoms with Gasteiger partial charge in [0.05, 0.1) is 14.2 Å². The number of carbonyl (C=O) groups is 1. The number of anilines is 1. The Morgan fingerprint density at radius 2 is 1.64 bits per heavy atom. The molecule has 1 amide bonds. The number of phenolic OH excluding ortho intramolecular Hbond substituents is 1. The van der Waals surface area contributed by atoms with Crippen molar-refractivity contribution in [3.05, 3.63) is 77.0 Å². The molecule has 0 bridgehead atoms. The lowest BCUT2D eigenvalue weighted by Gasteiger charge is -2.11. The summed E-state index contributed by atoms with van der Waals surface area (Å²) in [5.41, 5.74) is 0.952. The van der Waals surface area contributed by atoms with Crippen LogP contribution < -0.4 is 25.0 Å². The number of ether oxygens (including phenoxy) is 3. The van der Waals surface area contributed by atoms with Gasteiger partial charge in [0.15, 0.2) is 12.0 Å². The molecule has 168 valence electrons. The second-order valence-electron chi connectivity index (χ2n) is 7.09. The first-order chi connectivity index (χ1) is 16.0. The fraction of sp³-hybridized carbons (Fsp3) is 0.120. The van der Waals surface area contributed by atoms with Gasteiger partial charge in [0.1, 0.15) is 39.7 Å². The van der Waals surface area contributed by atoms with E-state index < -0.39 is 5.91 Å². The lowest BCUT2D eigenvalue weighted by atomic mass is 10.1. The fourth-order valence-electron chi connectivity index (χ4n) is 3.30. The van der Waals surface area contributed by atoms with E-state index in [4.69, 9.17) is 18.6 Å². The van der Waals surface area contributed by atoms with Crippen LogP contribution in [0.4, 0.5) is 5.69 Å². The van der Waals surface area contributed by atoms with E-state index in [1.165, 1.54) is 32.4 Å². The van der Waals surface area contributed by atoms with Crippen molar-refractivity contribution in [3.63, 3.8) is 0 Å². The first-order valence-electron chi connectivity index (χ1n) is 9.99. The SMILES string of the molecule is COc1cc(NC(=O)COc2cc(O)c3c(=O)cc(-c4ccccc4)oc3c2)cc(OC)c1. The standard InChI is InChI=1S/C25H21NO7/c1-30-17-8-16(9-18(10-17)31-2)26-24(29)14-32-19-11-20(27)25-21(28)13-22(33-23(25)12-19)15-6-4-3-5-7-15/h3-13,27H,14H2,1-2H3,(H,26,29). The summed E-state index contributed by atoms with van der Waals surface area (Å²) in [7, 11) is 3.02. The predicted octanol–water partition coefficient (Wildman–Crippen LogP) is 4.20. The van der Waals surface area contributed by atoms with E-state index in [1.807, 2.05) is 30.3 Å². The molecule has 4 rings (SSSR count). The fourth-order valence-corrected chi connectivity index (χ4v) is 3.30. The number of phenols is 1. The van der Waals surface area contributed by atoms with Crippen LogP contribution in [-0.2, 0) is 4.79 Å². The monoisotopic (exact) mass is 447 g/mol. The first kappa shape index (κ1) is 21.8. The maximum Gasteiger partial charge on any atom is 0.262 e. The number of nitrogens with one attached hydrogen (secondary N) is 1. The largest absolute Gasteiger partial charge is 0.507 e. The molecule has 0 radical (unpaired) electrons. The van der Waals surface area contributed by atoms with E-state index in [1.54, 1.807) is 18.2 Å². The number of aromatic hydroxyl groups is 1. The zero-order chi connectivity index (χ0) is 23.4. The Kier molecular flexibility index (Phi) is 6.17. The van der Waals surface area contributed by atoms with Crippen molar-refractivity contribution in [1.82, 2.24) is 0 Å². The van der Waals surface area contributed by atoms with Crippen LogP contribution in [0.15, 0.2) is 75.9 Å². The Morgan fingerprint density at radius 1 is 0.939 bits per heavy atom. The van der Waals surface area contributed by atoms with E-state index in [0.717, 1.165) is 5.56 Å². The molecule has 0 fully saturated rings. The summed E-state index contributed by atoms with van der Waals surface area (Å²) in [5.74, 6) is 0.836. The Morgan fingerprint density at radius 3 is 2.30 bits per heavy atom. The predicted molar refractivity (Wildman–Crippen MR) is 123 cm³/mol. The molecule has 8 nitrogen and oxygen atoms in total. The molecule has 0 saturated heterocycles. The van der Waals surface area contributed by atoms with Gasteiger partial charge >= 0.3 is 0 Å². The Labute approximate surface area is 188 Å². The number of hydrogen-bond donors (Lipinski definition) is 2. The normalized spacial score (nSPS) is 10.6. The molecule has 0 aliphatic carbocycles. The Balaban J connectivity index is 1.54. The van der Waals surface area contributed by atoms with Crippen molar-refractivity contribution < 1.29 is 28.5 Å². The summed E-state index contributed by atoms with van der Waals surface area (Å²) in [4.78, 5) is 24.9. The molecule has 3 aromatic carbocycles.